The molecule has 0 atom stereocenters. The van der Waals surface area contributed by atoms with Gasteiger partial charge in [-0.05, 0) is 52.6 Å². The van der Waals surface area contributed by atoms with Gasteiger partial charge in [0.2, 0.25) is 5.91 Å². The zero-order chi connectivity index (χ0) is 16.1. The fourth-order valence-corrected chi connectivity index (χ4v) is 3.89. The number of likely N-dealkylation sites (tertiary alicyclic amines) is 1. The van der Waals surface area contributed by atoms with E-state index in [0.717, 1.165) is 49.0 Å². The second-order valence-electron chi connectivity index (χ2n) is 6.13. The van der Waals surface area contributed by atoms with Crippen LogP contribution >= 0.6 is 11.3 Å². The number of thiazole rings is 1. The third kappa shape index (κ3) is 4.20. The molecular formula is C16H27N3O2S. The fraction of sp³-hybridized carbons (Fsp3) is 0.750. The number of carbonyl (C=O) groups is 1. The second-order valence-corrected chi connectivity index (χ2v) is 7.29. The molecule has 0 aromatic carbocycles. The minimum Gasteiger partial charge on any atom is -0.343 e. The van der Waals surface area contributed by atoms with Crippen LogP contribution in [0.4, 0.5) is 0 Å². The number of nitrogens with one attached hydrogen (secondary N) is 1. The number of amides is 1. The zero-order valence-corrected chi connectivity index (χ0v) is 14.7. The van der Waals surface area contributed by atoms with Crippen molar-refractivity contribution in [1.29, 1.82) is 0 Å². The van der Waals surface area contributed by atoms with Crippen LogP contribution in [0.2, 0.25) is 0 Å². The fourth-order valence-electron chi connectivity index (χ4n) is 3.03. The predicted octanol–water partition coefficient (Wildman–Crippen LogP) is 1.76. The summed E-state index contributed by atoms with van der Waals surface area (Å²) in [4.78, 5) is 27.2. The van der Waals surface area contributed by atoms with E-state index >= 15 is 0 Å². The lowest BCUT2D eigenvalue weighted by Crippen LogP contribution is -2.39. The lowest BCUT2D eigenvalue weighted by atomic mass is 9.93. The lowest BCUT2D eigenvalue weighted by molar-refractivity contribution is -0.132. The zero-order valence-electron chi connectivity index (χ0n) is 13.9. The summed E-state index contributed by atoms with van der Waals surface area (Å²) in [6.07, 6.45) is 3.83. The average Bonchev–Trinajstić information content (AvgIpc) is 2.76. The number of rotatable bonds is 6. The maximum Gasteiger partial charge on any atom is 0.307 e. The molecule has 22 heavy (non-hydrogen) atoms. The Morgan fingerprint density at radius 2 is 2.00 bits per heavy atom. The van der Waals surface area contributed by atoms with Gasteiger partial charge in [0, 0.05) is 36.6 Å². The van der Waals surface area contributed by atoms with Crippen molar-refractivity contribution < 1.29 is 4.79 Å². The Bertz CT molecular complexity index is 556. The molecule has 0 radical (unpaired) electrons. The molecule has 124 valence electrons. The van der Waals surface area contributed by atoms with Crippen molar-refractivity contribution in [2.24, 2.45) is 5.92 Å². The Labute approximate surface area is 136 Å². The summed E-state index contributed by atoms with van der Waals surface area (Å²) < 4.78 is 1.73. The molecule has 0 bridgehead atoms. The van der Waals surface area contributed by atoms with Crippen molar-refractivity contribution in [1.82, 2.24) is 14.8 Å². The van der Waals surface area contributed by atoms with E-state index in [0.29, 0.717) is 13.0 Å². The Morgan fingerprint density at radius 1 is 1.32 bits per heavy atom. The largest absolute Gasteiger partial charge is 0.343 e. The van der Waals surface area contributed by atoms with E-state index in [-0.39, 0.29) is 10.8 Å². The molecule has 1 aliphatic heterocycles. The van der Waals surface area contributed by atoms with E-state index in [1.807, 2.05) is 25.8 Å². The van der Waals surface area contributed by atoms with Gasteiger partial charge < -0.3 is 14.8 Å². The van der Waals surface area contributed by atoms with Gasteiger partial charge in [-0.25, -0.2) is 0 Å². The highest BCUT2D eigenvalue weighted by molar-refractivity contribution is 7.09. The Balaban J connectivity index is 1.80. The van der Waals surface area contributed by atoms with Gasteiger partial charge in [-0.3, -0.25) is 9.59 Å². The molecule has 0 aliphatic carbocycles. The van der Waals surface area contributed by atoms with Crippen molar-refractivity contribution in [3.63, 3.8) is 0 Å². The van der Waals surface area contributed by atoms with Crippen molar-refractivity contribution in [3.05, 3.63) is 20.2 Å². The molecule has 1 saturated heterocycles. The van der Waals surface area contributed by atoms with Gasteiger partial charge in [0.15, 0.2) is 0 Å². The highest BCUT2D eigenvalue weighted by atomic mass is 32.1. The van der Waals surface area contributed by atoms with Gasteiger partial charge in [-0.15, -0.1) is 0 Å². The molecule has 2 rings (SSSR count). The number of aryl methyl sites for hydroxylation is 1. The Kier molecular flexibility index (Phi) is 6.20. The first-order valence-corrected chi connectivity index (χ1v) is 8.93. The third-order valence-corrected chi connectivity index (χ3v) is 5.69. The van der Waals surface area contributed by atoms with E-state index < -0.39 is 0 Å². The van der Waals surface area contributed by atoms with Gasteiger partial charge >= 0.3 is 4.87 Å². The topological polar surface area (TPSA) is 54.3 Å². The maximum absolute atomic E-state index is 12.3. The highest BCUT2D eigenvalue weighted by Crippen LogP contribution is 2.20. The molecule has 6 heteroatoms. The molecule has 1 aromatic rings. The van der Waals surface area contributed by atoms with Crippen LogP contribution in [-0.2, 0) is 11.3 Å². The van der Waals surface area contributed by atoms with Gasteiger partial charge in [-0.1, -0.05) is 11.3 Å². The molecule has 0 unspecified atom stereocenters. The minimum atomic E-state index is 0.0496. The molecular weight excluding hydrogens is 298 g/mol. The van der Waals surface area contributed by atoms with Crippen molar-refractivity contribution in [2.75, 3.05) is 26.7 Å². The summed E-state index contributed by atoms with van der Waals surface area (Å²) >= 11 is 1.27. The maximum atomic E-state index is 12.3. The summed E-state index contributed by atoms with van der Waals surface area (Å²) in [6, 6.07) is 0. The van der Waals surface area contributed by atoms with Crippen LogP contribution in [0.15, 0.2) is 4.79 Å². The lowest BCUT2D eigenvalue weighted by Gasteiger charge is -2.32. The summed E-state index contributed by atoms with van der Waals surface area (Å²) in [7, 11) is 1.98. The Hall–Kier alpha value is -1.14. The summed E-state index contributed by atoms with van der Waals surface area (Å²) in [5, 5.41) is 3.19. The van der Waals surface area contributed by atoms with Crippen molar-refractivity contribution in [2.45, 2.75) is 46.1 Å². The van der Waals surface area contributed by atoms with Crippen molar-refractivity contribution in [3.8, 4) is 0 Å². The summed E-state index contributed by atoms with van der Waals surface area (Å²) in [5.41, 5.74) is 0.994. The van der Waals surface area contributed by atoms with Crippen molar-refractivity contribution >= 4 is 17.2 Å². The van der Waals surface area contributed by atoms with E-state index in [1.54, 1.807) is 4.57 Å². The number of carbonyl (C=O) groups excluding carboxylic acids is 1. The molecule has 2 heterocycles. The van der Waals surface area contributed by atoms with E-state index in [4.69, 9.17) is 0 Å². The SMILES string of the molecule is CNCCC1CCN(C(=O)CCn2c(C)c(C)sc2=O)CC1. The van der Waals surface area contributed by atoms with Crippen LogP contribution < -0.4 is 10.2 Å². The van der Waals surface area contributed by atoms with Crippen LogP contribution in [0.5, 0.6) is 0 Å². The van der Waals surface area contributed by atoms with Gasteiger partial charge in [0.25, 0.3) is 0 Å². The summed E-state index contributed by atoms with van der Waals surface area (Å²) in [5.74, 6) is 0.920. The predicted molar refractivity (Wildman–Crippen MR) is 90.5 cm³/mol. The van der Waals surface area contributed by atoms with Crippen LogP contribution in [0, 0.1) is 19.8 Å². The first-order valence-electron chi connectivity index (χ1n) is 8.12. The van der Waals surface area contributed by atoms with Crippen LogP contribution in [0.3, 0.4) is 0 Å². The number of hydrogen-bond donors (Lipinski definition) is 1. The minimum absolute atomic E-state index is 0.0496. The van der Waals surface area contributed by atoms with Gasteiger partial charge in [-0.2, -0.15) is 0 Å². The second kappa shape index (κ2) is 7.92. The first kappa shape index (κ1) is 17.2. The third-order valence-electron chi connectivity index (χ3n) is 4.69. The molecule has 0 spiro atoms. The van der Waals surface area contributed by atoms with Gasteiger partial charge in [0.05, 0.1) is 0 Å². The number of nitrogens with zero attached hydrogens (tertiary/aromatic N) is 2. The van der Waals surface area contributed by atoms with Crippen LogP contribution in [0.1, 0.15) is 36.3 Å². The molecule has 5 nitrogen and oxygen atoms in total. The quantitative estimate of drug-likeness (QED) is 0.867. The van der Waals surface area contributed by atoms with E-state index in [9.17, 15) is 9.59 Å². The monoisotopic (exact) mass is 325 g/mol. The number of piperidine rings is 1. The number of aromatic nitrogens is 1. The molecule has 1 fully saturated rings. The highest BCUT2D eigenvalue weighted by Gasteiger charge is 2.22. The average molecular weight is 325 g/mol. The van der Waals surface area contributed by atoms with E-state index in [1.165, 1.54) is 17.8 Å². The normalized spacial score (nSPS) is 16.2. The molecule has 1 aliphatic rings. The van der Waals surface area contributed by atoms with Crippen LogP contribution in [-0.4, -0.2) is 42.1 Å². The molecule has 1 aromatic heterocycles. The van der Waals surface area contributed by atoms with E-state index in [2.05, 4.69) is 5.32 Å². The molecule has 1 amide bonds. The first-order chi connectivity index (χ1) is 10.5. The summed E-state index contributed by atoms with van der Waals surface area (Å²) in [6.45, 7) is 7.19. The van der Waals surface area contributed by atoms with Gasteiger partial charge in [0.1, 0.15) is 0 Å². The standard InChI is InChI=1S/C16H27N3O2S/c1-12-13(2)22-16(21)19(12)11-7-15(20)18-9-5-14(6-10-18)4-8-17-3/h14,17H,4-11H2,1-3H3. The Morgan fingerprint density at radius 3 is 2.55 bits per heavy atom. The molecule has 1 N–H and O–H groups in total. The smallest absolute Gasteiger partial charge is 0.307 e. The van der Waals surface area contributed by atoms with Crippen LogP contribution in [0.25, 0.3) is 0 Å². The number of hydrogen-bond acceptors (Lipinski definition) is 4. The molecule has 0 saturated carbocycles.